The van der Waals surface area contributed by atoms with Gasteiger partial charge in [-0.05, 0) is 26.2 Å². The highest BCUT2D eigenvalue weighted by Crippen LogP contribution is 2.32. The lowest BCUT2D eigenvalue weighted by molar-refractivity contribution is -0.127. The Hall–Kier alpha value is -1.36. The van der Waals surface area contributed by atoms with Crippen molar-refractivity contribution in [2.75, 3.05) is 6.54 Å². The van der Waals surface area contributed by atoms with Gasteiger partial charge in [-0.25, -0.2) is 4.98 Å². The Labute approximate surface area is 114 Å². The molecule has 4 unspecified atom stereocenters. The van der Waals surface area contributed by atoms with Crippen molar-refractivity contribution in [1.82, 2.24) is 15.3 Å². The molecule has 1 saturated heterocycles. The molecule has 1 aromatic heterocycles. The van der Waals surface area contributed by atoms with Crippen LogP contribution in [-0.2, 0) is 16.0 Å². The van der Waals surface area contributed by atoms with E-state index in [1.807, 2.05) is 20.0 Å². The fourth-order valence-electron chi connectivity index (χ4n) is 2.74. The number of hydrogen-bond donors (Lipinski definition) is 2. The molecule has 1 fully saturated rings. The number of aromatic nitrogens is 2. The van der Waals surface area contributed by atoms with Gasteiger partial charge in [0.15, 0.2) is 0 Å². The van der Waals surface area contributed by atoms with Gasteiger partial charge in [0.05, 0.1) is 18.1 Å². The minimum Gasteiger partial charge on any atom is -0.374 e. The van der Waals surface area contributed by atoms with Crippen molar-refractivity contribution in [3.8, 4) is 0 Å². The van der Waals surface area contributed by atoms with Gasteiger partial charge in [0.2, 0.25) is 5.91 Å². The average molecular weight is 265 g/mol. The first-order valence-corrected chi connectivity index (χ1v) is 7.01. The van der Waals surface area contributed by atoms with Gasteiger partial charge in [-0.1, -0.05) is 6.92 Å². The van der Waals surface area contributed by atoms with Gasteiger partial charge in [-0.3, -0.25) is 4.79 Å². The number of imidazole rings is 1. The SMILES string of the molecule is CC1OC(C)C(C(=O)NCCCc2ncc[nH]2)C1C. The number of hydrogen-bond acceptors (Lipinski definition) is 3. The Balaban J connectivity index is 1.72. The van der Waals surface area contributed by atoms with Gasteiger partial charge in [-0.15, -0.1) is 0 Å². The summed E-state index contributed by atoms with van der Waals surface area (Å²) in [6.07, 6.45) is 5.48. The molecule has 2 N–H and O–H groups in total. The fraction of sp³-hybridized carbons (Fsp3) is 0.714. The smallest absolute Gasteiger partial charge is 0.226 e. The van der Waals surface area contributed by atoms with Gasteiger partial charge in [-0.2, -0.15) is 0 Å². The zero-order chi connectivity index (χ0) is 13.8. The average Bonchev–Trinajstić information content (AvgIpc) is 2.95. The highest BCUT2D eigenvalue weighted by molar-refractivity contribution is 5.79. The van der Waals surface area contributed by atoms with Crippen molar-refractivity contribution in [3.63, 3.8) is 0 Å². The van der Waals surface area contributed by atoms with Gasteiger partial charge in [0, 0.05) is 25.4 Å². The van der Waals surface area contributed by atoms with E-state index in [4.69, 9.17) is 4.74 Å². The predicted molar refractivity (Wildman–Crippen MR) is 72.6 cm³/mol. The zero-order valence-electron chi connectivity index (χ0n) is 11.8. The van der Waals surface area contributed by atoms with Crippen LogP contribution in [0, 0.1) is 11.8 Å². The number of aryl methyl sites for hydroxylation is 1. The topological polar surface area (TPSA) is 67.0 Å². The molecule has 1 aliphatic rings. The summed E-state index contributed by atoms with van der Waals surface area (Å²) in [5.41, 5.74) is 0. The molecule has 1 aliphatic heterocycles. The van der Waals surface area contributed by atoms with Crippen LogP contribution < -0.4 is 5.32 Å². The molecule has 5 nitrogen and oxygen atoms in total. The van der Waals surface area contributed by atoms with Crippen molar-refractivity contribution < 1.29 is 9.53 Å². The summed E-state index contributed by atoms with van der Waals surface area (Å²) in [6, 6.07) is 0. The highest BCUT2D eigenvalue weighted by atomic mass is 16.5. The van der Waals surface area contributed by atoms with Crippen LogP contribution in [0.25, 0.3) is 0 Å². The van der Waals surface area contributed by atoms with E-state index in [-0.39, 0.29) is 30.0 Å². The Bertz CT molecular complexity index is 405. The minimum atomic E-state index is -0.0291. The van der Waals surface area contributed by atoms with Crippen molar-refractivity contribution in [2.24, 2.45) is 11.8 Å². The molecule has 0 aromatic carbocycles. The van der Waals surface area contributed by atoms with Crippen LogP contribution >= 0.6 is 0 Å². The van der Waals surface area contributed by atoms with Gasteiger partial charge in [0.25, 0.3) is 0 Å². The Morgan fingerprint density at radius 3 is 2.79 bits per heavy atom. The number of ether oxygens (including phenoxy) is 1. The number of aromatic amines is 1. The summed E-state index contributed by atoms with van der Waals surface area (Å²) < 4.78 is 5.70. The van der Waals surface area contributed by atoms with Crippen molar-refractivity contribution >= 4 is 5.91 Å². The predicted octanol–water partition coefficient (Wildman–Crippen LogP) is 1.52. The van der Waals surface area contributed by atoms with Crippen molar-refractivity contribution in [2.45, 2.75) is 45.8 Å². The third-order valence-corrected chi connectivity index (χ3v) is 3.99. The largest absolute Gasteiger partial charge is 0.374 e. The lowest BCUT2D eigenvalue weighted by Gasteiger charge is -2.17. The second-order valence-corrected chi connectivity index (χ2v) is 5.36. The zero-order valence-corrected chi connectivity index (χ0v) is 11.8. The number of carbonyl (C=O) groups excluding carboxylic acids is 1. The first kappa shape index (κ1) is 14.1. The number of nitrogens with zero attached hydrogens (tertiary/aromatic N) is 1. The quantitative estimate of drug-likeness (QED) is 0.793. The lowest BCUT2D eigenvalue weighted by atomic mass is 9.89. The monoisotopic (exact) mass is 265 g/mol. The maximum Gasteiger partial charge on any atom is 0.226 e. The summed E-state index contributed by atoms with van der Waals surface area (Å²) >= 11 is 0. The number of rotatable bonds is 5. The van der Waals surface area contributed by atoms with Crippen LogP contribution in [0.1, 0.15) is 33.0 Å². The molecule has 2 heterocycles. The molecule has 0 spiro atoms. The third kappa shape index (κ3) is 3.35. The molecule has 0 radical (unpaired) electrons. The second-order valence-electron chi connectivity index (χ2n) is 5.36. The maximum atomic E-state index is 12.2. The van der Waals surface area contributed by atoms with Crippen LogP contribution in [0.5, 0.6) is 0 Å². The first-order valence-electron chi connectivity index (χ1n) is 7.01. The van der Waals surface area contributed by atoms with E-state index in [1.165, 1.54) is 0 Å². The van der Waals surface area contributed by atoms with Crippen LogP contribution in [0.3, 0.4) is 0 Å². The van der Waals surface area contributed by atoms with Crippen LogP contribution in [-0.4, -0.2) is 34.6 Å². The normalized spacial score (nSPS) is 30.5. The third-order valence-electron chi connectivity index (χ3n) is 3.99. The standard InChI is InChI=1S/C14H23N3O2/c1-9-10(2)19-11(3)13(9)14(18)17-6-4-5-12-15-7-8-16-12/h7-11,13H,4-6H2,1-3H3,(H,15,16)(H,17,18). The van der Waals surface area contributed by atoms with E-state index in [0.717, 1.165) is 18.7 Å². The molecule has 1 aromatic rings. The number of amides is 1. The summed E-state index contributed by atoms with van der Waals surface area (Å²) in [6.45, 7) is 6.78. The molecular formula is C14H23N3O2. The van der Waals surface area contributed by atoms with Gasteiger partial charge < -0.3 is 15.0 Å². The van der Waals surface area contributed by atoms with Crippen LogP contribution in [0.15, 0.2) is 12.4 Å². The number of carbonyl (C=O) groups is 1. The lowest BCUT2D eigenvalue weighted by Crippen LogP contribution is -2.37. The minimum absolute atomic E-state index is 0.00933. The Morgan fingerprint density at radius 1 is 1.42 bits per heavy atom. The number of nitrogens with one attached hydrogen (secondary N) is 2. The number of H-pyrrole nitrogens is 1. The molecule has 4 atom stereocenters. The van der Waals surface area contributed by atoms with Crippen LogP contribution in [0.4, 0.5) is 0 Å². The Morgan fingerprint density at radius 2 is 2.21 bits per heavy atom. The van der Waals surface area contributed by atoms with E-state index in [9.17, 15) is 4.79 Å². The van der Waals surface area contributed by atoms with Crippen molar-refractivity contribution in [3.05, 3.63) is 18.2 Å². The van der Waals surface area contributed by atoms with E-state index in [2.05, 4.69) is 22.2 Å². The molecular weight excluding hydrogens is 242 g/mol. The summed E-state index contributed by atoms with van der Waals surface area (Å²) in [5.74, 6) is 1.33. The molecule has 0 aliphatic carbocycles. The Kier molecular flexibility index (Phi) is 4.58. The summed E-state index contributed by atoms with van der Waals surface area (Å²) in [5, 5.41) is 3.01. The molecule has 0 saturated carbocycles. The van der Waals surface area contributed by atoms with Crippen LogP contribution in [0.2, 0.25) is 0 Å². The summed E-state index contributed by atoms with van der Waals surface area (Å²) in [7, 11) is 0. The van der Waals surface area contributed by atoms with E-state index in [0.29, 0.717) is 6.54 Å². The fourth-order valence-corrected chi connectivity index (χ4v) is 2.74. The molecule has 1 amide bonds. The van der Waals surface area contributed by atoms with E-state index >= 15 is 0 Å². The van der Waals surface area contributed by atoms with E-state index < -0.39 is 0 Å². The summed E-state index contributed by atoms with van der Waals surface area (Å²) in [4.78, 5) is 19.4. The van der Waals surface area contributed by atoms with Gasteiger partial charge in [0.1, 0.15) is 5.82 Å². The molecule has 0 bridgehead atoms. The van der Waals surface area contributed by atoms with E-state index in [1.54, 1.807) is 6.20 Å². The van der Waals surface area contributed by atoms with Crippen molar-refractivity contribution in [1.29, 1.82) is 0 Å². The first-order chi connectivity index (χ1) is 9.09. The molecule has 19 heavy (non-hydrogen) atoms. The molecule has 5 heteroatoms. The maximum absolute atomic E-state index is 12.2. The molecule has 2 rings (SSSR count). The highest BCUT2D eigenvalue weighted by Gasteiger charge is 2.41. The molecule has 106 valence electrons. The second kappa shape index (κ2) is 6.19. The van der Waals surface area contributed by atoms with Gasteiger partial charge >= 0.3 is 0 Å².